The van der Waals surface area contributed by atoms with Crippen LogP contribution in [0.15, 0.2) is 65.6 Å². The first-order valence-corrected chi connectivity index (χ1v) is 11.1. The third-order valence-corrected chi connectivity index (χ3v) is 6.41. The van der Waals surface area contributed by atoms with Gasteiger partial charge in [-0.05, 0) is 73.5 Å². The number of hydrogen-bond donors (Lipinski definition) is 4. The number of hydrogen-bond acceptors (Lipinski definition) is 5. The van der Waals surface area contributed by atoms with E-state index in [4.69, 9.17) is 10.2 Å². The number of carbonyl (C=O) groups is 3. The van der Waals surface area contributed by atoms with Crippen LogP contribution in [0.5, 0.6) is 0 Å². The summed E-state index contributed by atoms with van der Waals surface area (Å²) in [4.78, 5) is 34.9. The molecular formula is C23H20N2O7S. The molecule has 9 nitrogen and oxygen atoms in total. The Morgan fingerprint density at radius 2 is 1.30 bits per heavy atom. The second-order valence-corrected chi connectivity index (χ2v) is 8.90. The van der Waals surface area contributed by atoms with Gasteiger partial charge in [-0.3, -0.25) is 9.52 Å². The first kappa shape index (κ1) is 23.5. The number of benzene rings is 3. The lowest BCUT2D eigenvalue weighted by Crippen LogP contribution is -2.18. The molecule has 0 saturated carbocycles. The van der Waals surface area contributed by atoms with Gasteiger partial charge < -0.3 is 15.5 Å². The number of carboxylic acid groups (broad SMARTS) is 2. The van der Waals surface area contributed by atoms with E-state index in [9.17, 15) is 22.8 Å². The summed E-state index contributed by atoms with van der Waals surface area (Å²) in [6, 6.07) is 13.7. The van der Waals surface area contributed by atoms with E-state index in [0.717, 1.165) is 0 Å². The van der Waals surface area contributed by atoms with Gasteiger partial charge in [0.1, 0.15) is 0 Å². The summed E-state index contributed by atoms with van der Waals surface area (Å²) in [5.41, 5.74) is 1.23. The zero-order valence-corrected chi connectivity index (χ0v) is 18.4. The van der Waals surface area contributed by atoms with Crippen molar-refractivity contribution in [2.75, 3.05) is 10.0 Å². The van der Waals surface area contributed by atoms with Crippen LogP contribution in [0.2, 0.25) is 0 Å². The molecule has 4 N–H and O–H groups in total. The molecule has 0 aliphatic rings. The average Bonchev–Trinajstić information content (AvgIpc) is 2.75. The fourth-order valence-electron chi connectivity index (χ4n) is 3.10. The Morgan fingerprint density at radius 1 is 0.758 bits per heavy atom. The van der Waals surface area contributed by atoms with E-state index in [-0.39, 0.29) is 33.0 Å². The van der Waals surface area contributed by atoms with Gasteiger partial charge in [-0.15, -0.1) is 0 Å². The SMILES string of the molecule is Cc1cc(C(=O)Nc2cccc(C(=O)O)c2)cc(S(=O)(=O)Nc2cccc(C(=O)O)c2)c1C. The van der Waals surface area contributed by atoms with Crippen LogP contribution in [-0.2, 0) is 10.0 Å². The Bertz CT molecular complexity index is 1380. The van der Waals surface area contributed by atoms with Crippen LogP contribution in [0.25, 0.3) is 0 Å². The predicted molar refractivity (Wildman–Crippen MR) is 121 cm³/mol. The molecule has 3 aromatic carbocycles. The normalized spacial score (nSPS) is 11.0. The van der Waals surface area contributed by atoms with Crippen molar-refractivity contribution < 1.29 is 33.0 Å². The van der Waals surface area contributed by atoms with Crippen LogP contribution >= 0.6 is 0 Å². The van der Waals surface area contributed by atoms with Crippen molar-refractivity contribution in [2.24, 2.45) is 0 Å². The monoisotopic (exact) mass is 468 g/mol. The van der Waals surface area contributed by atoms with E-state index in [1.165, 1.54) is 60.7 Å². The van der Waals surface area contributed by atoms with Crippen LogP contribution in [0.3, 0.4) is 0 Å². The second kappa shape index (κ2) is 9.13. The first-order valence-electron chi connectivity index (χ1n) is 9.60. The molecule has 1 amide bonds. The van der Waals surface area contributed by atoms with Gasteiger partial charge in [0, 0.05) is 16.9 Å². The van der Waals surface area contributed by atoms with E-state index in [2.05, 4.69) is 10.0 Å². The Hall–Kier alpha value is -4.18. The summed E-state index contributed by atoms with van der Waals surface area (Å²) in [5.74, 6) is -2.97. The first-order chi connectivity index (χ1) is 15.5. The molecule has 0 radical (unpaired) electrons. The maximum atomic E-state index is 13.1. The molecule has 33 heavy (non-hydrogen) atoms. The van der Waals surface area contributed by atoms with E-state index in [1.807, 2.05) is 0 Å². The maximum absolute atomic E-state index is 13.1. The highest BCUT2D eigenvalue weighted by Gasteiger charge is 2.22. The van der Waals surface area contributed by atoms with Gasteiger partial charge in [0.15, 0.2) is 0 Å². The number of aromatic carboxylic acids is 2. The standard InChI is InChI=1S/C23H20N2O7S/c1-13-9-17(21(26)24-18-7-3-5-15(10-18)22(27)28)12-20(14(13)2)33(31,32)25-19-8-4-6-16(11-19)23(29)30/h3-12,25H,1-2H3,(H,24,26)(H,27,28)(H,29,30). The van der Waals surface area contributed by atoms with Crippen molar-refractivity contribution in [2.45, 2.75) is 18.7 Å². The highest BCUT2D eigenvalue weighted by Crippen LogP contribution is 2.25. The molecule has 0 spiro atoms. The van der Waals surface area contributed by atoms with Gasteiger partial charge in [0.2, 0.25) is 0 Å². The number of anilines is 2. The molecule has 0 atom stereocenters. The lowest BCUT2D eigenvalue weighted by atomic mass is 10.1. The molecule has 3 rings (SSSR count). The minimum absolute atomic E-state index is 0.0102. The molecule has 170 valence electrons. The number of nitrogens with one attached hydrogen (secondary N) is 2. The summed E-state index contributed by atoms with van der Waals surface area (Å²) in [6.45, 7) is 3.25. The molecule has 0 saturated heterocycles. The smallest absolute Gasteiger partial charge is 0.335 e. The van der Waals surface area contributed by atoms with Crippen molar-refractivity contribution in [3.63, 3.8) is 0 Å². The molecule has 0 unspecified atom stereocenters. The van der Waals surface area contributed by atoms with Crippen molar-refractivity contribution >= 4 is 39.2 Å². The largest absolute Gasteiger partial charge is 0.478 e. The highest BCUT2D eigenvalue weighted by molar-refractivity contribution is 7.92. The summed E-state index contributed by atoms with van der Waals surface area (Å²) >= 11 is 0. The van der Waals surface area contributed by atoms with E-state index in [1.54, 1.807) is 13.8 Å². The Labute approximate surface area is 189 Å². The average molecular weight is 468 g/mol. The quantitative estimate of drug-likeness (QED) is 0.412. The minimum Gasteiger partial charge on any atom is -0.478 e. The molecular weight excluding hydrogens is 448 g/mol. The van der Waals surface area contributed by atoms with Crippen LogP contribution < -0.4 is 10.0 Å². The van der Waals surface area contributed by atoms with E-state index < -0.39 is 27.9 Å². The predicted octanol–water partition coefficient (Wildman–Crippen LogP) is 3.75. The fraction of sp³-hybridized carbons (Fsp3) is 0.0870. The number of aryl methyl sites for hydroxylation is 1. The lowest BCUT2D eigenvalue weighted by molar-refractivity contribution is 0.0686. The highest BCUT2D eigenvalue weighted by atomic mass is 32.2. The Balaban J connectivity index is 1.94. The summed E-state index contributed by atoms with van der Waals surface area (Å²) < 4.78 is 28.5. The third kappa shape index (κ3) is 5.36. The van der Waals surface area contributed by atoms with E-state index >= 15 is 0 Å². The van der Waals surface area contributed by atoms with E-state index in [0.29, 0.717) is 11.1 Å². The summed E-state index contributed by atoms with van der Waals surface area (Å²) in [6.07, 6.45) is 0. The Morgan fingerprint density at radius 3 is 1.88 bits per heavy atom. The van der Waals surface area contributed by atoms with Gasteiger partial charge in [0.25, 0.3) is 15.9 Å². The molecule has 0 aliphatic heterocycles. The number of carboxylic acids is 2. The summed E-state index contributed by atoms with van der Waals surface area (Å²) in [7, 11) is -4.16. The maximum Gasteiger partial charge on any atom is 0.335 e. The van der Waals surface area contributed by atoms with Gasteiger partial charge in [-0.2, -0.15) is 0 Å². The van der Waals surface area contributed by atoms with Gasteiger partial charge >= 0.3 is 11.9 Å². The number of rotatable bonds is 7. The number of amides is 1. The molecule has 10 heteroatoms. The van der Waals surface area contributed by atoms with Crippen LogP contribution in [0.4, 0.5) is 11.4 Å². The van der Waals surface area contributed by atoms with Crippen molar-refractivity contribution in [3.05, 3.63) is 88.5 Å². The molecule has 0 bridgehead atoms. The minimum atomic E-state index is -4.16. The topological polar surface area (TPSA) is 150 Å². The third-order valence-electron chi connectivity index (χ3n) is 4.90. The second-order valence-electron chi connectivity index (χ2n) is 7.25. The van der Waals surface area contributed by atoms with Crippen molar-refractivity contribution in [1.29, 1.82) is 0 Å². The van der Waals surface area contributed by atoms with Crippen molar-refractivity contribution in [1.82, 2.24) is 0 Å². The number of sulfonamides is 1. The van der Waals surface area contributed by atoms with Crippen LogP contribution in [0.1, 0.15) is 42.2 Å². The van der Waals surface area contributed by atoms with Gasteiger partial charge in [-0.1, -0.05) is 12.1 Å². The summed E-state index contributed by atoms with van der Waals surface area (Å²) in [5, 5.41) is 20.8. The lowest BCUT2D eigenvalue weighted by Gasteiger charge is -2.15. The molecule has 3 aromatic rings. The fourth-order valence-corrected chi connectivity index (χ4v) is 4.49. The van der Waals surface area contributed by atoms with Crippen molar-refractivity contribution in [3.8, 4) is 0 Å². The number of carbonyl (C=O) groups excluding carboxylic acids is 1. The van der Waals surface area contributed by atoms with Gasteiger partial charge in [0.05, 0.1) is 16.0 Å². The molecule has 0 aliphatic carbocycles. The Kier molecular flexibility index (Phi) is 6.50. The van der Waals surface area contributed by atoms with Gasteiger partial charge in [-0.25, -0.2) is 18.0 Å². The van der Waals surface area contributed by atoms with Crippen LogP contribution in [-0.4, -0.2) is 36.5 Å². The zero-order valence-electron chi connectivity index (χ0n) is 17.6. The zero-order chi connectivity index (χ0) is 24.3. The molecule has 0 heterocycles. The molecule has 0 fully saturated rings. The molecule has 0 aromatic heterocycles. The van der Waals surface area contributed by atoms with Crippen LogP contribution in [0, 0.1) is 13.8 Å².